The van der Waals surface area contributed by atoms with Crippen LogP contribution in [0.4, 0.5) is 0 Å². The molecule has 1 saturated heterocycles. The highest BCUT2D eigenvalue weighted by Gasteiger charge is 2.26. The van der Waals surface area contributed by atoms with Crippen molar-refractivity contribution in [2.45, 2.75) is 51.0 Å². The third kappa shape index (κ3) is 3.93. The Morgan fingerprint density at radius 3 is 2.76 bits per heavy atom. The van der Waals surface area contributed by atoms with E-state index in [4.69, 9.17) is 9.63 Å². The summed E-state index contributed by atoms with van der Waals surface area (Å²) >= 11 is 1.31. The fourth-order valence-electron chi connectivity index (χ4n) is 3.61. The van der Waals surface area contributed by atoms with Gasteiger partial charge >= 0.3 is 5.97 Å². The van der Waals surface area contributed by atoms with Gasteiger partial charge in [0.25, 0.3) is 0 Å². The first-order chi connectivity index (χ1) is 12.2. The maximum absolute atomic E-state index is 11.0. The van der Waals surface area contributed by atoms with Crippen LogP contribution < -0.4 is 0 Å². The zero-order valence-electron chi connectivity index (χ0n) is 14.2. The number of carboxylic acids is 1. The second kappa shape index (κ2) is 7.25. The van der Waals surface area contributed by atoms with Crippen molar-refractivity contribution >= 4 is 17.3 Å². The zero-order chi connectivity index (χ0) is 17.2. The molecule has 0 atom stereocenters. The first-order valence-corrected chi connectivity index (χ1v) is 9.91. The number of hydrogen-bond acceptors (Lipinski definition) is 6. The van der Waals surface area contributed by atoms with Gasteiger partial charge in [0.1, 0.15) is 4.88 Å². The van der Waals surface area contributed by atoms with E-state index in [9.17, 15) is 4.79 Å². The van der Waals surface area contributed by atoms with Gasteiger partial charge in [-0.05, 0) is 61.7 Å². The normalized spacial score (nSPS) is 19.8. The zero-order valence-corrected chi connectivity index (χ0v) is 15.0. The Labute approximate surface area is 150 Å². The van der Waals surface area contributed by atoms with Crippen LogP contribution in [0.5, 0.6) is 0 Å². The van der Waals surface area contributed by atoms with Gasteiger partial charge in [0.2, 0.25) is 5.89 Å². The van der Waals surface area contributed by atoms with Gasteiger partial charge in [-0.15, -0.1) is 11.3 Å². The molecule has 0 radical (unpaired) electrons. The van der Waals surface area contributed by atoms with E-state index in [1.165, 1.54) is 30.6 Å². The number of rotatable bonds is 6. The SMILES string of the molecule is O=C(O)c1cc(CN2CCC(Cc3nc(C4CCC4)no3)CC2)cs1. The lowest BCUT2D eigenvalue weighted by atomic mass is 9.85. The molecule has 2 aliphatic rings. The van der Waals surface area contributed by atoms with E-state index in [0.29, 0.717) is 16.7 Å². The molecular formula is C18H23N3O3S. The molecule has 2 aromatic rings. The van der Waals surface area contributed by atoms with E-state index in [1.54, 1.807) is 6.07 Å². The van der Waals surface area contributed by atoms with Gasteiger partial charge in [0.15, 0.2) is 5.82 Å². The predicted octanol–water partition coefficient (Wildman–Crippen LogP) is 3.55. The molecule has 3 heterocycles. The fourth-order valence-corrected chi connectivity index (χ4v) is 4.35. The van der Waals surface area contributed by atoms with Gasteiger partial charge in [-0.3, -0.25) is 4.90 Å². The highest BCUT2D eigenvalue weighted by Crippen LogP contribution is 2.34. The lowest BCUT2D eigenvalue weighted by Crippen LogP contribution is -2.33. The molecule has 0 spiro atoms. The van der Waals surface area contributed by atoms with Crippen LogP contribution in [0.3, 0.4) is 0 Å². The molecule has 7 heteroatoms. The van der Waals surface area contributed by atoms with Crippen molar-refractivity contribution in [3.05, 3.63) is 33.6 Å². The maximum atomic E-state index is 11.0. The highest BCUT2D eigenvalue weighted by atomic mass is 32.1. The van der Waals surface area contributed by atoms with Gasteiger partial charge in [-0.2, -0.15) is 4.98 Å². The fraction of sp³-hybridized carbons (Fsp3) is 0.611. The Morgan fingerprint density at radius 2 is 2.12 bits per heavy atom. The van der Waals surface area contributed by atoms with Crippen molar-refractivity contribution in [2.75, 3.05) is 13.1 Å². The number of aromatic carboxylic acids is 1. The first kappa shape index (κ1) is 16.7. The van der Waals surface area contributed by atoms with E-state index in [2.05, 4.69) is 15.0 Å². The van der Waals surface area contributed by atoms with Crippen molar-refractivity contribution in [2.24, 2.45) is 5.92 Å². The number of thiophene rings is 1. The van der Waals surface area contributed by atoms with Crippen molar-refractivity contribution in [3.63, 3.8) is 0 Å². The largest absolute Gasteiger partial charge is 0.477 e. The van der Waals surface area contributed by atoms with E-state index >= 15 is 0 Å². The minimum Gasteiger partial charge on any atom is -0.477 e. The maximum Gasteiger partial charge on any atom is 0.345 e. The number of nitrogens with zero attached hydrogens (tertiary/aromatic N) is 3. The van der Waals surface area contributed by atoms with Crippen molar-refractivity contribution in [1.29, 1.82) is 0 Å². The Kier molecular flexibility index (Phi) is 4.85. The Balaban J connectivity index is 1.25. The van der Waals surface area contributed by atoms with E-state index in [-0.39, 0.29) is 0 Å². The summed E-state index contributed by atoms with van der Waals surface area (Å²) in [4.78, 5) is 18.4. The van der Waals surface area contributed by atoms with E-state index < -0.39 is 5.97 Å². The molecule has 2 fully saturated rings. The third-order valence-electron chi connectivity index (χ3n) is 5.40. The Hall–Kier alpha value is -1.73. The molecule has 0 aromatic carbocycles. The van der Waals surface area contributed by atoms with Gasteiger partial charge < -0.3 is 9.63 Å². The third-order valence-corrected chi connectivity index (χ3v) is 6.36. The van der Waals surface area contributed by atoms with Crippen molar-refractivity contribution in [1.82, 2.24) is 15.0 Å². The summed E-state index contributed by atoms with van der Waals surface area (Å²) in [6.45, 7) is 2.90. The molecule has 0 amide bonds. The molecule has 0 bridgehead atoms. The number of piperidine rings is 1. The van der Waals surface area contributed by atoms with E-state index in [0.717, 1.165) is 56.2 Å². The number of likely N-dealkylation sites (tertiary alicyclic amines) is 1. The Morgan fingerprint density at radius 1 is 1.32 bits per heavy atom. The summed E-state index contributed by atoms with van der Waals surface area (Å²) < 4.78 is 5.44. The molecule has 4 rings (SSSR count). The molecule has 6 nitrogen and oxygen atoms in total. The van der Waals surface area contributed by atoms with Crippen LogP contribution in [0, 0.1) is 5.92 Å². The monoisotopic (exact) mass is 361 g/mol. The summed E-state index contributed by atoms with van der Waals surface area (Å²) in [6.07, 6.45) is 6.81. The molecule has 2 aromatic heterocycles. The van der Waals surface area contributed by atoms with Gasteiger partial charge in [-0.1, -0.05) is 11.6 Å². The molecule has 1 aliphatic heterocycles. The van der Waals surface area contributed by atoms with Crippen LogP contribution in [0.25, 0.3) is 0 Å². The van der Waals surface area contributed by atoms with Gasteiger partial charge in [0, 0.05) is 18.9 Å². The highest BCUT2D eigenvalue weighted by molar-refractivity contribution is 7.12. The quantitative estimate of drug-likeness (QED) is 0.847. The summed E-state index contributed by atoms with van der Waals surface area (Å²) in [5.74, 6) is 1.99. The van der Waals surface area contributed by atoms with Crippen LogP contribution in [0.2, 0.25) is 0 Å². The lowest BCUT2D eigenvalue weighted by molar-refractivity contribution is 0.0702. The average molecular weight is 361 g/mol. The van der Waals surface area contributed by atoms with Crippen molar-refractivity contribution in [3.8, 4) is 0 Å². The smallest absolute Gasteiger partial charge is 0.345 e. The minimum atomic E-state index is -0.837. The molecule has 25 heavy (non-hydrogen) atoms. The van der Waals surface area contributed by atoms with Crippen LogP contribution >= 0.6 is 11.3 Å². The standard InChI is InChI=1S/C18H23N3O3S/c22-18(23)15-8-13(11-25-15)10-21-6-4-12(5-7-21)9-16-19-17(20-24-16)14-2-1-3-14/h8,11-12,14H,1-7,9-10H2,(H,22,23). The molecule has 0 unspecified atom stereocenters. The second-order valence-electron chi connectivity index (χ2n) is 7.22. The number of hydrogen-bond donors (Lipinski definition) is 1. The molecule has 134 valence electrons. The van der Waals surface area contributed by atoms with Crippen LogP contribution in [-0.2, 0) is 13.0 Å². The molecule has 1 saturated carbocycles. The minimum absolute atomic E-state index is 0.420. The topological polar surface area (TPSA) is 79.5 Å². The summed E-state index contributed by atoms with van der Waals surface area (Å²) in [7, 11) is 0. The number of carboxylic acid groups (broad SMARTS) is 1. The van der Waals surface area contributed by atoms with Crippen LogP contribution in [0.1, 0.15) is 65.0 Å². The predicted molar refractivity (Wildman–Crippen MR) is 93.9 cm³/mol. The first-order valence-electron chi connectivity index (χ1n) is 9.03. The second-order valence-corrected chi connectivity index (χ2v) is 8.13. The van der Waals surface area contributed by atoms with Gasteiger partial charge in [0.05, 0.1) is 0 Å². The molecule has 1 N–H and O–H groups in total. The number of aromatic nitrogens is 2. The molecule has 1 aliphatic carbocycles. The summed E-state index contributed by atoms with van der Waals surface area (Å²) in [5, 5.41) is 15.1. The van der Waals surface area contributed by atoms with Gasteiger partial charge in [-0.25, -0.2) is 4.79 Å². The molecular weight excluding hydrogens is 338 g/mol. The van der Waals surface area contributed by atoms with Crippen LogP contribution in [-0.4, -0.2) is 39.2 Å². The lowest BCUT2D eigenvalue weighted by Gasteiger charge is -2.31. The summed E-state index contributed by atoms with van der Waals surface area (Å²) in [6, 6.07) is 1.79. The van der Waals surface area contributed by atoms with E-state index in [1.807, 2.05) is 5.38 Å². The van der Waals surface area contributed by atoms with Crippen molar-refractivity contribution < 1.29 is 14.4 Å². The average Bonchev–Trinajstić information content (AvgIpc) is 3.18. The summed E-state index contributed by atoms with van der Waals surface area (Å²) in [5.41, 5.74) is 1.10. The Bertz CT molecular complexity index is 730. The van der Waals surface area contributed by atoms with Crippen LogP contribution in [0.15, 0.2) is 16.0 Å². The number of carbonyl (C=O) groups is 1.